The lowest BCUT2D eigenvalue weighted by atomic mass is 9.64. The number of rotatable bonds is 4. The lowest BCUT2D eigenvalue weighted by Gasteiger charge is -2.40. The summed E-state index contributed by atoms with van der Waals surface area (Å²) in [7, 11) is 1.50. The third-order valence-electron chi connectivity index (χ3n) is 4.87. The molecule has 0 bridgehead atoms. The van der Waals surface area contributed by atoms with Gasteiger partial charge in [-0.25, -0.2) is 0 Å². The summed E-state index contributed by atoms with van der Waals surface area (Å²) < 4.78 is 10.6. The molecule has 1 fully saturated rings. The van der Waals surface area contributed by atoms with Crippen LogP contribution in [0.15, 0.2) is 23.8 Å². The number of ketones is 1. The molecule has 0 saturated carbocycles. The molecule has 1 saturated heterocycles. The van der Waals surface area contributed by atoms with Gasteiger partial charge in [-0.2, -0.15) is 0 Å². The summed E-state index contributed by atoms with van der Waals surface area (Å²) in [5, 5.41) is 21.5. The summed E-state index contributed by atoms with van der Waals surface area (Å²) in [6.07, 6.45) is 0.712. The van der Waals surface area contributed by atoms with Crippen molar-refractivity contribution in [2.24, 2.45) is 0 Å². The zero-order chi connectivity index (χ0) is 18.9. The number of nitrogens with one attached hydrogen (secondary N) is 1. The Morgan fingerprint density at radius 2 is 2.00 bits per heavy atom. The number of carboxylic acids is 1. The van der Waals surface area contributed by atoms with Gasteiger partial charge in [0.15, 0.2) is 5.78 Å². The second-order valence-corrected chi connectivity index (χ2v) is 6.24. The van der Waals surface area contributed by atoms with Crippen LogP contribution in [0.2, 0.25) is 0 Å². The van der Waals surface area contributed by atoms with Gasteiger partial charge in [0.25, 0.3) is 5.91 Å². The molecule has 0 unspecified atom stereocenters. The number of fused-ring (bicyclic) bond motifs is 2. The molecule has 1 aromatic carbocycles. The molecule has 26 heavy (non-hydrogen) atoms. The number of carbonyl (C=O) groups excluding carboxylic acids is 2. The SMILES string of the molecule is COc1ccc2c(c1)C1(CCOCC1)C(=O)C(C(=O)NCC(=O)O)=C2O. The van der Waals surface area contributed by atoms with E-state index in [4.69, 9.17) is 14.6 Å². The van der Waals surface area contributed by atoms with Crippen molar-refractivity contribution in [1.29, 1.82) is 0 Å². The quantitative estimate of drug-likeness (QED) is 0.678. The standard InChI is InChI=1S/C18H19NO7/c1-25-10-2-3-11-12(8-10)18(4-6-26-7-5-18)16(23)14(15(11)22)17(24)19-9-13(20)21/h2-3,8,22H,4-7,9H2,1H3,(H,19,24)(H,20,21). The summed E-state index contributed by atoms with van der Waals surface area (Å²) in [5.74, 6) is -2.58. The molecule has 138 valence electrons. The van der Waals surface area contributed by atoms with Crippen LogP contribution in [0.3, 0.4) is 0 Å². The molecule has 2 aliphatic rings. The smallest absolute Gasteiger partial charge is 0.322 e. The number of methoxy groups -OCH3 is 1. The molecular weight excluding hydrogens is 342 g/mol. The van der Waals surface area contributed by atoms with Crippen LogP contribution < -0.4 is 10.1 Å². The number of ether oxygens (including phenoxy) is 2. The topological polar surface area (TPSA) is 122 Å². The predicted molar refractivity (Wildman–Crippen MR) is 89.9 cm³/mol. The van der Waals surface area contributed by atoms with Gasteiger partial charge in [0.2, 0.25) is 0 Å². The number of aliphatic hydroxyl groups excluding tert-OH is 1. The van der Waals surface area contributed by atoms with Gasteiger partial charge in [-0.05, 0) is 36.6 Å². The predicted octanol–water partition coefficient (Wildman–Crippen LogP) is 0.796. The van der Waals surface area contributed by atoms with Crippen LogP contribution in [0, 0.1) is 0 Å². The van der Waals surface area contributed by atoms with E-state index in [0.29, 0.717) is 42.9 Å². The maximum atomic E-state index is 13.2. The van der Waals surface area contributed by atoms with Crippen LogP contribution in [0.25, 0.3) is 5.76 Å². The van der Waals surface area contributed by atoms with Crippen molar-refractivity contribution in [2.45, 2.75) is 18.3 Å². The highest BCUT2D eigenvalue weighted by molar-refractivity contribution is 6.28. The van der Waals surface area contributed by atoms with E-state index in [-0.39, 0.29) is 0 Å². The highest BCUT2D eigenvalue weighted by Gasteiger charge is 2.50. The van der Waals surface area contributed by atoms with Crippen molar-refractivity contribution >= 4 is 23.4 Å². The summed E-state index contributed by atoms with van der Waals surface area (Å²) in [6.45, 7) is 0.0365. The van der Waals surface area contributed by atoms with Crippen LogP contribution in [-0.2, 0) is 24.5 Å². The Morgan fingerprint density at radius 1 is 1.31 bits per heavy atom. The second kappa shape index (κ2) is 6.80. The Labute approximate surface area is 149 Å². The van der Waals surface area contributed by atoms with Gasteiger partial charge in [0.1, 0.15) is 23.6 Å². The zero-order valence-corrected chi connectivity index (χ0v) is 14.2. The molecule has 1 spiro atoms. The maximum Gasteiger partial charge on any atom is 0.322 e. The Kier molecular flexibility index (Phi) is 4.69. The Bertz CT molecular complexity index is 806. The fourth-order valence-electron chi connectivity index (χ4n) is 3.53. The highest BCUT2D eigenvalue weighted by atomic mass is 16.5. The van der Waals surface area contributed by atoms with Crippen LogP contribution in [-0.4, -0.2) is 54.7 Å². The summed E-state index contributed by atoms with van der Waals surface area (Å²) in [5.41, 5.74) is -0.458. The van der Waals surface area contributed by atoms with Gasteiger partial charge in [-0.15, -0.1) is 0 Å². The van der Waals surface area contributed by atoms with E-state index >= 15 is 0 Å². The largest absolute Gasteiger partial charge is 0.506 e. The van der Waals surface area contributed by atoms with Crippen LogP contribution >= 0.6 is 0 Å². The number of hydrogen-bond donors (Lipinski definition) is 3. The number of benzene rings is 1. The Morgan fingerprint density at radius 3 is 2.62 bits per heavy atom. The molecule has 1 aliphatic carbocycles. The van der Waals surface area contributed by atoms with Crippen molar-refractivity contribution < 1.29 is 34.1 Å². The average Bonchev–Trinajstić information content (AvgIpc) is 2.65. The highest BCUT2D eigenvalue weighted by Crippen LogP contribution is 2.46. The van der Waals surface area contributed by atoms with E-state index in [2.05, 4.69) is 5.32 Å². The molecule has 8 nitrogen and oxygen atoms in total. The van der Waals surface area contributed by atoms with E-state index in [1.165, 1.54) is 7.11 Å². The summed E-state index contributed by atoms with van der Waals surface area (Å²) in [4.78, 5) is 36.4. The van der Waals surface area contributed by atoms with Gasteiger partial charge in [0.05, 0.1) is 12.5 Å². The third-order valence-corrected chi connectivity index (χ3v) is 4.87. The van der Waals surface area contributed by atoms with Gasteiger partial charge in [-0.1, -0.05) is 0 Å². The summed E-state index contributed by atoms with van der Waals surface area (Å²) >= 11 is 0. The number of Topliss-reactive ketones (excluding diaryl/α,β-unsaturated/α-hetero) is 1. The molecule has 0 atom stereocenters. The second-order valence-electron chi connectivity index (χ2n) is 6.24. The number of aliphatic carboxylic acids is 1. The molecule has 3 N–H and O–H groups in total. The van der Waals surface area contributed by atoms with Gasteiger partial charge in [0, 0.05) is 18.8 Å². The van der Waals surface area contributed by atoms with Crippen LogP contribution in [0.5, 0.6) is 5.75 Å². The van der Waals surface area contributed by atoms with Crippen molar-refractivity contribution in [2.75, 3.05) is 26.9 Å². The van der Waals surface area contributed by atoms with Crippen LogP contribution in [0.1, 0.15) is 24.0 Å². The molecular formula is C18H19NO7. The third kappa shape index (κ3) is 2.82. The summed E-state index contributed by atoms with van der Waals surface area (Å²) in [6, 6.07) is 4.92. The molecule has 3 rings (SSSR count). The van der Waals surface area contributed by atoms with E-state index in [9.17, 15) is 19.5 Å². The van der Waals surface area contributed by atoms with Crippen molar-refractivity contribution in [3.8, 4) is 5.75 Å². The van der Waals surface area contributed by atoms with Gasteiger partial charge in [-0.3, -0.25) is 14.4 Å². The number of carbonyl (C=O) groups is 3. The van der Waals surface area contributed by atoms with Crippen molar-refractivity contribution in [3.63, 3.8) is 0 Å². The Hall–Kier alpha value is -2.87. The lowest BCUT2D eigenvalue weighted by Crippen LogP contribution is -2.48. The normalized spacial score (nSPS) is 18.4. The van der Waals surface area contributed by atoms with Crippen molar-refractivity contribution in [1.82, 2.24) is 5.32 Å². The van der Waals surface area contributed by atoms with E-state index in [1.807, 2.05) is 0 Å². The molecule has 1 heterocycles. The molecule has 1 aromatic rings. The van der Waals surface area contributed by atoms with Crippen LogP contribution in [0.4, 0.5) is 0 Å². The van der Waals surface area contributed by atoms with E-state index < -0.39 is 41.0 Å². The van der Waals surface area contributed by atoms with Gasteiger partial charge < -0.3 is 25.0 Å². The Balaban J connectivity index is 2.14. The number of carboxylic acid groups (broad SMARTS) is 1. The van der Waals surface area contributed by atoms with Gasteiger partial charge >= 0.3 is 5.97 Å². The fourth-order valence-corrected chi connectivity index (χ4v) is 3.53. The number of amides is 1. The lowest BCUT2D eigenvalue weighted by molar-refractivity contribution is -0.138. The minimum absolute atomic E-state index is 0.340. The number of aliphatic hydroxyl groups is 1. The minimum atomic E-state index is -1.24. The van der Waals surface area contributed by atoms with E-state index in [0.717, 1.165) is 0 Å². The fraction of sp³-hybridized carbons (Fsp3) is 0.389. The minimum Gasteiger partial charge on any atom is -0.506 e. The molecule has 0 radical (unpaired) electrons. The molecule has 1 amide bonds. The first-order valence-electron chi connectivity index (χ1n) is 8.15. The molecule has 8 heteroatoms. The first-order valence-corrected chi connectivity index (χ1v) is 8.15. The first kappa shape index (κ1) is 17.9. The monoisotopic (exact) mass is 361 g/mol. The molecule has 1 aliphatic heterocycles. The first-order chi connectivity index (χ1) is 12.4. The zero-order valence-electron chi connectivity index (χ0n) is 14.2. The maximum absolute atomic E-state index is 13.2. The average molecular weight is 361 g/mol. The molecule has 0 aromatic heterocycles. The van der Waals surface area contributed by atoms with E-state index in [1.54, 1.807) is 18.2 Å². The van der Waals surface area contributed by atoms with Crippen molar-refractivity contribution in [3.05, 3.63) is 34.9 Å². The number of hydrogen-bond acceptors (Lipinski definition) is 6.